The van der Waals surface area contributed by atoms with Crippen molar-refractivity contribution < 1.29 is 4.74 Å². The molecule has 0 saturated carbocycles. The third-order valence-electron chi connectivity index (χ3n) is 2.98. The summed E-state index contributed by atoms with van der Waals surface area (Å²) >= 11 is 3.44. The minimum atomic E-state index is 0.463. The summed E-state index contributed by atoms with van der Waals surface area (Å²) < 4.78 is 8.13. The molecule has 0 aliphatic rings. The molecule has 3 rings (SSSR count). The van der Waals surface area contributed by atoms with Crippen molar-refractivity contribution in [1.82, 2.24) is 9.55 Å². The van der Waals surface area contributed by atoms with Gasteiger partial charge >= 0.3 is 0 Å². The van der Waals surface area contributed by atoms with Crippen LogP contribution < -0.4 is 10.5 Å². The van der Waals surface area contributed by atoms with Crippen LogP contribution in [0, 0.1) is 0 Å². The third kappa shape index (κ3) is 1.96. The van der Waals surface area contributed by atoms with Crippen molar-refractivity contribution in [1.29, 1.82) is 0 Å². The predicted octanol–water partition coefficient (Wildman–Crippen LogP) is 3.38. The first-order valence-electron chi connectivity index (χ1n) is 5.77. The highest BCUT2D eigenvalue weighted by Gasteiger charge is 2.11. The molecule has 4 nitrogen and oxygen atoms in total. The van der Waals surface area contributed by atoms with Crippen molar-refractivity contribution in [2.24, 2.45) is 0 Å². The number of nitrogens with two attached hydrogens (primary N) is 1. The van der Waals surface area contributed by atoms with Crippen LogP contribution in [0.4, 0.5) is 5.95 Å². The largest absolute Gasteiger partial charge is 0.495 e. The smallest absolute Gasteiger partial charge is 0.205 e. The molecule has 1 heterocycles. The van der Waals surface area contributed by atoms with E-state index in [4.69, 9.17) is 10.5 Å². The fourth-order valence-corrected chi connectivity index (χ4v) is 2.51. The van der Waals surface area contributed by atoms with Crippen LogP contribution in [-0.4, -0.2) is 16.7 Å². The monoisotopic (exact) mass is 317 g/mol. The summed E-state index contributed by atoms with van der Waals surface area (Å²) in [6.07, 6.45) is 0. The molecular formula is C14H12BrN3O. The Morgan fingerprint density at radius 3 is 2.79 bits per heavy atom. The van der Waals surface area contributed by atoms with Crippen LogP contribution >= 0.6 is 15.9 Å². The van der Waals surface area contributed by atoms with Crippen molar-refractivity contribution in [2.75, 3.05) is 12.8 Å². The SMILES string of the molecule is COc1cc(-n2c(N)nc3ccccc32)ccc1Br. The van der Waals surface area contributed by atoms with Crippen LogP contribution in [0.15, 0.2) is 46.9 Å². The van der Waals surface area contributed by atoms with Gasteiger partial charge in [-0.1, -0.05) is 12.1 Å². The maximum absolute atomic E-state index is 6.01. The molecule has 0 atom stereocenters. The number of methoxy groups -OCH3 is 1. The minimum absolute atomic E-state index is 0.463. The Kier molecular flexibility index (Phi) is 2.91. The number of anilines is 1. The normalized spacial score (nSPS) is 10.8. The van der Waals surface area contributed by atoms with Gasteiger partial charge in [0, 0.05) is 6.07 Å². The van der Waals surface area contributed by atoms with Gasteiger partial charge in [-0.2, -0.15) is 0 Å². The van der Waals surface area contributed by atoms with E-state index in [0.717, 1.165) is 26.9 Å². The average molecular weight is 318 g/mol. The number of hydrogen-bond acceptors (Lipinski definition) is 3. The standard InChI is InChI=1S/C14H12BrN3O/c1-19-13-8-9(6-7-10(13)15)18-12-5-3-2-4-11(12)17-14(18)16/h2-8H,1H3,(H2,16,17). The number of para-hydroxylation sites is 2. The molecule has 3 aromatic rings. The highest BCUT2D eigenvalue weighted by atomic mass is 79.9. The molecule has 19 heavy (non-hydrogen) atoms. The first-order valence-corrected chi connectivity index (χ1v) is 6.57. The molecule has 2 aromatic carbocycles. The highest BCUT2D eigenvalue weighted by Crippen LogP contribution is 2.30. The van der Waals surface area contributed by atoms with Crippen molar-refractivity contribution >= 4 is 32.9 Å². The summed E-state index contributed by atoms with van der Waals surface area (Å²) in [5.41, 5.74) is 8.79. The van der Waals surface area contributed by atoms with Gasteiger partial charge in [-0.3, -0.25) is 4.57 Å². The highest BCUT2D eigenvalue weighted by molar-refractivity contribution is 9.10. The predicted molar refractivity (Wildman–Crippen MR) is 79.7 cm³/mol. The van der Waals surface area contributed by atoms with Gasteiger partial charge in [-0.15, -0.1) is 0 Å². The molecule has 0 radical (unpaired) electrons. The number of hydrogen-bond donors (Lipinski definition) is 1. The number of halogens is 1. The quantitative estimate of drug-likeness (QED) is 0.788. The zero-order valence-electron chi connectivity index (χ0n) is 10.3. The molecule has 0 aliphatic carbocycles. The molecule has 0 spiro atoms. The molecule has 0 unspecified atom stereocenters. The number of ether oxygens (including phenoxy) is 1. The Balaban J connectivity index is 2.27. The van der Waals surface area contributed by atoms with E-state index in [1.54, 1.807) is 7.11 Å². The number of imidazole rings is 1. The van der Waals surface area contributed by atoms with E-state index in [9.17, 15) is 0 Å². The van der Waals surface area contributed by atoms with Crippen molar-refractivity contribution in [2.45, 2.75) is 0 Å². The van der Waals surface area contributed by atoms with Gasteiger partial charge in [0.05, 0.1) is 28.3 Å². The van der Waals surface area contributed by atoms with Crippen LogP contribution in [0.5, 0.6) is 5.75 Å². The van der Waals surface area contributed by atoms with Gasteiger partial charge in [0.2, 0.25) is 5.95 Å². The van der Waals surface area contributed by atoms with Gasteiger partial charge in [0.15, 0.2) is 0 Å². The lowest BCUT2D eigenvalue weighted by Crippen LogP contribution is -2.01. The molecule has 0 saturated heterocycles. The van der Waals surface area contributed by atoms with Gasteiger partial charge in [-0.25, -0.2) is 4.98 Å². The summed E-state index contributed by atoms with van der Waals surface area (Å²) in [4.78, 5) is 4.36. The lowest BCUT2D eigenvalue weighted by Gasteiger charge is -2.09. The van der Waals surface area contributed by atoms with Crippen molar-refractivity contribution in [3.8, 4) is 11.4 Å². The van der Waals surface area contributed by atoms with Crippen LogP contribution in [0.3, 0.4) is 0 Å². The average Bonchev–Trinajstić information content (AvgIpc) is 2.75. The minimum Gasteiger partial charge on any atom is -0.495 e. The maximum Gasteiger partial charge on any atom is 0.205 e. The van der Waals surface area contributed by atoms with Crippen LogP contribution in [0.25, 0.3) is 16.7 Å². The van der Waals surface area contributed by atoms with E-state index in [2.05, 4.69) is 20.9 Å². The molecule has 1 aromatic heterocycles. The van der Waals surface area contributed by atoms with E-state index >= 15 is 0 Å². The number of fused-ring (bicyclic) bond motifs is 1. The number of nitrogens with zero attached hydrogens (tertiary/aromatic N) is 2. The third-order valence-corrected chi connectivity index (χ3v) is 3.63. The van der Waals surface area contributed by atoms with Crippen molar-refractivity contribution in [3.63, 3.8) is 0 Å². The van der Waals surface area contributed by atoms with Gasteiger partial charge in [0.25, 0.3) is 0 Å². The van der Waals surface area contributed by atoms with E-state index in [0.29, 0.717) is 5.95 Å². The van der Waals surface area contributed by atoms with Crippen molar-refractivity contribution in [3.05, 3.63) is 46.9 Å². The van der Waals surface area contributed by atoms with Gasteiger partial charge in [0.1, 0.15) is 5.75 Å². The summed E-state index contributed by atoms with van der Waals surface area (Å²) in [5, 5.41) is 0. The molecule has 0 fully saturated rings. The second-order valence-corrected chi connectivity index (χ2v) is 4.97. The Labute approximate surface area is 118 Å². The van der Waals surface area contributed by atoms with Gasteiger partial charge < -0.3 is 10.5 Å². The van der Waals surface area contributed by atoms with Crippen LogP contribution in [-0.2, 0) is 0 Å². The summed E-state index contributed by atoms with van der Waals surface area (Å²) in [5.74, 6) is 1.22. The zero-order valence-corrected chi connectivity index (χ0v) is 11.9. The molecule has 0 amide bonds. The summed E-state index contributed by atoms with van der Waals surface area (Å²) in [6.45, 7) is 0. The number of aromatic nitrogens is 2. The lowest BCUT2D eigenvalue weighted by atomic mass is 10.2. The lowest BCUT2D eigenvalue weighted by molar-refractivity contribution is 0.412. The zero-order chi connectivity index (χ0) is 13.4. The first kappa shape index (κ1) is 12.0. The first-order chi connectivity index (χ1) is 9.20. The second-order valence-electron chi connectivity index (χ2n) is 4.11. The topological polar surface area (TPSA) is 53.1 Å². The Bertz CT molecular complexity index is 752. The maximum atomic E-state index is 6.01. The van der Waals surface area contributed by atoms with E-state index in [1.165, 1.54) is 0 Å². The Hall–Kier alpha value is -2.01. The Morgan fingerprint density at radius 2 is 2.00 bits per heavy atom. The molecule has 0 aliphatic heterocycles. The van der Waals surface area contributed by atoms with E-state index in [-0.39, 0.29) is 0 Å². The fraction of sp³-hybridized carbons (Fsp3) is 0.0714. The summed E-state index contributed by atoms with van der Waals surface area (Å²) in [7, 11) is 1.64. The molecular weight excluding hydrogens is 306 g/mol. The van der Waals surface area contributed by atoms with Crippen LogP contribution in [0.1, 0.15) is 0 Å². The fourth-order valence-electron chi connectivity index (χ4n) is 2.10. The van der Waals surface area contributed by atoms with E-state index < -0.39 is 0 Å². The number of nitrogen functional groups attached to an aromatic ring is 1. The molecule has 2 N–H and O–H groups in total. The van der Waals surface area contributed by atoms with Crippen LogP contribution in [0.2, 0.25) is 0 Å². The molecule has 0 bridgehead atoms. The van der Waals surface area contributed by atoms with E-state index in [1.807, 2.05) is 47.0 Å². The van der Waals surface area contributed by atoms with Gasteiger partial charge in [-0.05, 0) is 40.2 Å². The summed E-state index contributed by atoms with van der Waals surface area (Å²) in [6, 6.07) is 13.7. The Morgan fingerprint density at radius 1 is 1.21 bits per heavy atom. The molecule has 5 heteroatoms. The second kappa shape index (κ2) is 4.59. The molecule has 96 valence electrons. The number of benzene rings is 2. The number of rotatable bonds is 2.